The molecule has 7 nitrogen and oxygen atoms in total. The van der Waals surface area contributed by atoms with E-state index in [2.05, 4.69) is 20.4 Å². The van der Waals surface area contributed by atoms with Gasteiger partial charge >= 0.3 is 0 Å². The smallest absolute Gasteiger partial charge is 0.241 e. The summed E-state index contributed by atoms with van der Waals surface area (Å²) in [6.45, 7) is 4.38. The number of piperidine rings is 1. The topological polar surface area (TPSA) is 80.5 Å². The van der Waals surface area contributed by atoms with E-state index in [0.29, 0.717) is 48.4 Å². The fraction of sp³-hybridized carbons (Fsp3) is 0.348. The molecule has 2 aromatic carbocycles. The SMILES string of the molecule is CCOc1ccccc1NC(=O)C1CCCN(Cc2nc(-c3ccc(F)cc3)no2)C1. The molecular weight excluding hydrogens is 399 g/mol. The summed E-state index contributed by atoms with van der Waals surface area (Å²) in [5.74, 6) is 1.10. The number of carbonyl (C=O) groups excluding carboxylic acids is 1. The highest BCUT2D eigenvalue weighted by molar-refractivity contribution is 5.94. The van der Waals surface area contributed by atoms with Crippen molar-refractivity contribution >= 4 is 11.6 Å². The molecule has 4 rings (SSSR count). The number of hydrogen-bond donors (Lipinski definition) is 1. The number of aromatic nitrogens is 2. The van der Waals surface area contributed by atoms with Gasteiger partial charge in [-0.2, -0.15) is 4.98 Å². The Hall–Kier alpha value is -3.26. The zero-order valence-corrected chi connectivity index (χ0v) is 17.4. The molecule has 1 aromatic heterocycles. The van der Waals surface area contributed by atoms with Gasteiger partial charge in [0.1, 0.15) is 11.6 Å². The van der Waals surface area contributed by atoms with Crippen LogP contribution in [0, 0.1) is 11.7 Å². The monoisotopic (exact) mass is 424 g/mol. The second kappa shape index (κ2) is 9.70. The number of nitrogens with zero attached hydrogens (tertiary/aromatic N) is 3. The van der Waals surface area contributed by atoms with Gasteiger partial charge in [0.25, 0.3) is 0 Å². The molecule has 1 N–H and O–H groups in total. The first-order chi connectivity index (χ1) is 15.1. The van der Waals surface area contributed by atoms with Crippen LogP contribution in [0.2, 0.25) is 0 Å². The second-order valence-electron chi connectivity index (χ2n) is 7.51. The maximum Gasteiger partial charge on any atom is 0.241 e. The lowest BCUT2D eigenvalue weighted by Crippen LogP contribution is -2.40. The lowest BCUT2D eigenvalue weighted by Gasteiger charge is -2.31. The van der Waals surface area contributed by atoms with Crippen molar-refractivity contribution in [1.29, 1.82) is 0 Å². The van der Waals surface area contributed by atoms with Crippen LogP contribution < -0.4 is 10.1 Å². The number of nitrogens with one attached hydrogen (secondary N) is 1. The fourth-order valence-corrected chi connectivity index (χ4v) is 3.73. The third-order valence-electron chi connectivity index (χ3n) is 5.25. The molecule has 0 saturated carbocycles. The zero-order chi connectivity index (χ0) is 21.6. The van der Waals surface area contributed by atoms with Gasteiger partial charge in [-0.05, 0) is 62.7 Å². The Morgan fingerprint density at radius 2 is 2.06 bits per heavy atom. The summed E-state index contributed by atoms with van der Waals surface area (Å²) in [5, 5.41) is 7.00. The zero-order valence-electron chi connectivity index (χ0n) is 17.4. The molecule has 0 spiro atoms. The van der Waals surface area contributed by atoms with E-state index in [9.17, 15) is 9.18 Å². The van der Waals surface area contributed by atoms with Gasteiger partial charge < -0.3 is 14.6 Å². The summed E-state index contributed by atoms with van der Waals surface area (Å²) in [6.07, 6.45) is 1.73. The first kappa shape index (κ1) is 21.0. The number of para-hydroxylation sites is 2. The predicted octanol–water partition coefficient (Wildman–Crippen LogP) is 4.13. The first-order valence-electron chi connectivity index (χ1n) is 10.5. The molecule has 8 heteroatoms. The molecule has 0 bridgehead atoms. The quantitative estimate of drug-likeness (QED) is 0.614. The maximum absolute atomic E-state index is 13.1. The van der Waals surface area contributed by atoms with Crippen molar-refractivity contribution in [3.8, 4) is 17.1 Å². The predicted molar refractivity (Wildman–Crippen MR) is 114 cm³/mol. The summed E-state index contributed by atoms with van der Waals surface area (Å²) in [4.78, 5) is 19.4. The number of halogens is 1. The van der Waals surface area contributed by atoms with Gasteiger partial charge in [-0.15, -0.1) is 0 Å². The van der Waals surface area contributed by atoms with E-state index in [0.717, 1.165) is 19.4 Å². The third kappa shape index (κ3) is 5.27. The summed E-state index contributed by atoms with van der Waals surface area (Å²) in [7, 11) is 0. The van der Waals surface area contributed by atoms with E-state index in [1.54, 1.807) is 12.1 Å². The number of anilines is 1. The van der Waals surface area contributed by atoms with Crippen molar-refractivity contribution in [2.24, 2.45) is 5.92 Å². The molecule has 2 heterocycles. The van der Waals surface area contributed by atoms with Crippen molar-refractivity contribution in [2.45, 2.75) is 26.3 Å². The number of hydrogen-bond acceptors (Lipinski definition) is 6. The maximum atomic E-state index is 13.1. The number of carbonyl (C=O) groups is 1. The molecule has 1 aliphatic heterocycles. The minimum absolute atomic E-state index is 0.0191. The highest BCUT2D eigenvalue weighted by atomic mass is 19.1. The molecule has 0 radical (unpaired) electrons. The molecular formula is C23H25FN4O3. The van der Waals surface area contributed by atoms with Crippen LogP contribution in [0.3, 0.4) is 0 Å². The molecule has 1 saturated heterocycles. The largest absolute Gasteiger partial charge is 0.492 e. The van der Waals surface area contributed by atoms with Crippen molar-refractivity contribution in [3.05, 3.63) is 60.2 Å². The lowest BCUT2D eigenvalue weighted by molar-refractivity contribution is -0.121. The Balaban J connectivity index is 1.37. The van der Waals surface area contributed by atoms with E-state index in [1.807, 2.05) is 31.2 Å². The van der Waals surface area contributed by atoms with E-state index in [1.165, 1.54) is 12.1 Å². The molecule has 1 atom stereocenters. The van der Waals surface area contributed by atoms with Gasteiger partial charge in [-0.25, -0.2) is 4.39 Å². The fourth-order valence-electron chi connectivity index (χ4n) is 3.73. The molecule has 1 amide bonds. The minimum Gasteiger partial charge on any atom is -0.492 e. The number of likely N-dealkylation sites (tertiary alicyclic amines) is 1. The lowest BCUT2D eigenvalue weighted by atomic mass is 9.97. The van der Waals surface area contributed by atoms with Crippen LogP contribution in [-0.4, -0.2) is 40.6 Å². The number of rotatable bonds is 7. The second-order valence-corrected chi connectivity index (χ2v) is 7.51. The van der Waals surface area contributed by atoms with Crippen LogP contribution in [0.5, 0.6) is 5.75 Å². The summed E-state index contributed by atoms with van der Waals surface area (Å²) < 4.78 is 24.1. The first-order valence-corrected chi connectivity index (χ1v) is 10.5. The standard InChI is InChI=1S/C23H25FN4O3/c1-2-30-20-8-4-3-7-19(20)25-23(29)17-6-5-13-28(14-17)15-21-26-22(27-31-21)16-9-11-18(24)12-10-16/h3-4,7-12,17H,2,5-6,13-15H2,1H3,(H,25,29). The molecule has 1 fully saturated rings. The van der Waals surface area contributed by atoms with Crippen LogP contribution in [-0.2, 0) is 11.3 Å². The van der Waals surface area contributed by atoms with Crippen LogP contribution in [0.25, 0.3) is 11.4 Å². The minimum atomic E-state index is -0.311. The van der Waals surface area contributed by atoms with E-state index < -0.39 is 0 Å². The van der Waals surface area contributed by atoms with Gasteiger partial charge in [0.2, 0.25) is 17.6 Å². The molecule has 31 heavy (non-hydrogen) atoms. The van der Waals surface area contributed by atoms with E-state index in [4.69, 9.17) is 9.26 Å². The van der Waals surface area contributed by atoms with Gasteiger partial charge in [0.15, 0.2) is 0 Å². The number of benzene rings is 2. The average molecular weight is 424 g/mol. The van der Waals surface area contributed by atoms with Gasteiger partial charge in [-0.1, -0.05) is 17.3 Å². The third-order valence-corrected chi connectivity index (χ3v) is 5.25. The summed E-state index contributed by atoms with van der Waals surface area (Å²) in [5.41, 5.74) is 1.38. The van der Waals surface area contributed by atoms with Crippen LogP contribution in [0.15, 0.2) is 53.1 Å². The van der Waals surface area contributed by atoms with Crippen molar-refractivity contribution in [2.75, 3.05) is 25.0 Å². The Bertz CT molecular complexity index is 1020. The Morgan fingerprint density at radius 3 is 2.87 bits per heavy atom. The average Bonchev–Trinajstić information content (AvgIpc) is 3.24. The Kier molecular flexibility index (Phi) is 6.57. The molecule has 162 valence electrons. The number of ether oxygens (including phenoxy) is 1. The van der Waals surface area contributed by atoms with Gasteiger partial charge in [0.05, 0.1) is 24.8 Å². The summed E-state index contributed by atoms with van der Waals surface area (Å²) in [6, 6.07) is 13.4. The van der Waals surface area contributed by atoms with Gasteiger partial charge in [0, 0.05) is 12.1 Å². The van der Waals surface area contributed by atoms with Crippen molar-refractivity contribution < 1.29 is 18.4 Å². The normalized spacial score (nSPS) is 16.8. The van der Waals surface area contributed by atoms with Crippen molar-refractivity contribution in [3.63, 3.8) is 0 Å². The van der Waals surface area contributed by atoms with Crippen LogP contribution >= 0.6 is 0 Å². The van der Waals surface area contributed by atoms with Crippen LogP contribution in [0.1, 0.15) is 25.7 Å². The number of amides is 1. The van der Waals surface area contributed by atoms with E-state index >= 15 is 0 Å². The molecule has 0 aliphatic carbocycles. The van der Waals surface area contributed by atoms with Crippen molar-refractivity contribution in [1.82, 2.24) is 15.0 Å². The molecule has 1 aliphatic rings. The molecule has 3 aromatic rings. The summed E-state index contributed by atoms with van der Waals surface area (Å²) >= 11 is 0. The highest BCUT2D eigenvalue weighted by Gasteiger charge is 2.27. The Morgan fingerprint density at radius 1 is 1.26 bits per heavy atom. The Labute approximate surface area is 180 Å². The van der Waals surface area contributed by atoms with Gasteiger partial charge in [-0.3, -0.25) is 9.69 Å². The van der Waals surface area contributed by atoms with Crippen LogP contribution in [0.4, 0.5) is 10.1 Å². The molecule has 1 unspecified atom stereocenters. The van der Waals surface area contributed by atoms with E-state index in [-0.39, 0.29) is 17.6 Å². The highest BCUT2D eigenvalue weighted by Crippen LogP contribution is 2.26.